The van der Waals surface area contributed by atoms with E-state index in [4.69, 9.17) is 0 Å². The summed E-state index contributed by atoms with van der Waals surface area (Å²) in [7, 11) is 0. The summed E-state index contributed by atoms with van der Waals surface area (Å²) in [4.78, 5) is 12.3. The predicted octanol–water partition coefficient (Wildman–Crippen LogP) is 0.793. The van der Waals surface area contributed by atoms with Crippen LogP contribution in [0, 0.1) is 0 Å². The van der Waals surface area contributed by atoms with Crippen LogP contribution in [0.2, 0.25) is 0 Å². The number of nitrogens with one attached hydrogen (secondary N) is 2. The van der Waals surface area contributed by atoms with Gasteiger partial charge in [0, 0.05) is 17.8 Å². The molecule has 4 rings (SSSR count). The maximum absolute atomic E-state index is 12.3. The summed E-state index contributed by atoms with van der Waals surface area (Å²) in [5.74, 6) is -0.0538. The molecule has 1 aliphatic rings. The highest BCUT2D eigenvalue weighted by Gasteiger charge is 2.42. The van der Waals surface area contributed by atoms with Crippen LogP contribution in [-0.2, 0) is 11.2 Å². The van der Waals surface area contributed by atoms with Crippen LogP contribution >= 0.6 is 0 Å². The third-order valence-electron chi connectivity index (χ3n) is 4.35. The van der Waals surface area contributed by atoms with Crippen molar-refractivity contribution in [2.24, 2.45) is 0 Å². The molecule has 0 saturated heterocycles. The summed E-state index contributed by atoms with van der Waals surface area (Å²) in [6, 6.07) is 7.33. The Balaban J connectivity index is 1.41. The normalized spacial score (nSPS) is 23.6. The zero-order chi connectivity index (χ0) is 15.8. The number of hydrogen-bond donors (Lipinski definition) is 3. The number of carbonyl (C=O) groups is 1. The second-order valence-corrected chi connectivity index (χ2v) is 5.92. The maximum atomic E-state index is 12.3. The van der Waals surface area contributed by atoms with Crippen molar-refractivity contribution in [3.05, 3.63) is 48.4 Å². The van der Waals surface area contributed by atoms with Crippen LogP contribution in [0.25, 0.3) is 10.9 Å². The van der Waals surface area contributed by atoms with Crippen LogP contribution in [0.3, 0.4) is 0 Å². The maximum Gasteiger partial charge on any atom is 0.224 e. The molecule has 0 spiro atoms. The SMILES string of the molecule is O=C(Cc1ccc2[nH]ncc2c1)N[C@H]1C[C@@H](O)[C@@H]1n1cccn1. The van der Waals surface area contributed by atoms with Gasteiger partial charge in [-0.05, 0) is 30.2 Å². The number of aliphatic hydroxyl groups excluding tert-OH is 1. The first-order chi connectivity index (χ1) is 11.2. The summed E-state index contributed by atoms with van der Waals surface area (Å²) < 4.78 is 1.71. The molecule has 2 heterocycles. The minimum atomic E-state index is -0.470. The topological polar surface area (TPSA) is 95.8 Å². The fourth-order valence-electron chi connectivity index (χ4n) is 3.12. The largest absolute Gasteiger partial charge is 0.391 e. The highest BCUT2D eigenvalue weighted by Crippen LogP contribution is 2.32. The Morgan fingerprint density at radius 3 is 3.17 bits per heavy atom. The van der Waals surface area contributed by atoms with E-state index in [0.717, 1.165) is 16.5 Å². The van der Waals surface area contributed by atoms with Crippen molar-refractivity contribution < 1.29 is 9.90 Å². The number of carbonyl (C=O) groups excluding carboxylic acids is 1. The van der Waals surface area contributed by atoms with E-state index in [1.54, 1.807) is 23.3 Å². The van der Waals surface area contributed by atoms with Crippen LogP contribution in [-0.4, -0.2) is 43.1 Å². The van der Waals surface area contributed by atoms with Crippen molar-refractivity contribution in [1.29, 1.82) is 0 Å². The van der Waals surface area contributed by atoms with E-state index in [1.165, 1.54) is 0 Å². The molecule has 3 N–H and O–H groups in total. The zero-order valence-electron chi connectivity index (χ0n) is 12.4. The fraction of sp³-hybridized carbons (Fsp3) is 0.312. The van der Waals surface area contributed by atoms with E-state index in [-0.39, 0.29) is 18.0 Å². The van der Waals surface area contributed by atoms with Gasteiger partial charge in [-0.3, -0.25) is 14.6 Å². The molecule has 3 atom stereocenters. The van der Waals surface area contributed by atoms with Gasteiger partial charge in [0.2, 0.25) is 5.91 Å². The molecule has 7 nitrogen and oxygen atoms in total. The second kappa shape index (κ2) is 5.51. The van der Waals surface area contributed by atoms with Gasteiger partial charge < -0.3 is 10.4 Å². The van der Waals surface area contributed by atoms with E-state index < -0.39 is 6.10 Å². The van der Waals surface area contributed by atoms with Gasteiger partial charge >= 0.3 is 0 Å². The highest BCUT2D eigenvalue weighted by molar-refractivity contribution is 5.83. The summed E-state index contributed by atoms with van der Waals surface area (Å²) in [5, 5.41) is 24.9. The number of H-pyrrole nitrogens is 1. The van der Waals surface area contributed by atoms with Crippen LogP contribution in [0.1, 0.15) is 18.0 Å². The standard InChI is InChI=1S/C16H17N5O2/c22-14-8-13(16(14)21-5-1-4-18-21)19-15(23)7-10-2-3-12-11(6-10)9-17-20-12/h1-6,9,13-14,16,22H,7-8H2,(H,17,20)(H,19,23)/t13-,14+,16+/m0/s1. The van der Waals surface area contributed by atoms with Gasteiger partial charge in [0.05, 0.1) is 36.3 Å². The summed E-state index contributed by atoms with van der Waals surface area (Å²) in [5.41, 5.74) is 1.89. The van der Waals surface area contributed by atoms with E-state index in [0.29, 0.717) is 12.8 Å². The molecule has 23 heavy (non-hydrogen) atoms. The fourth-order valence-corrected chi connectivity index (χ4v) is 3.12. The third-order valence-corrected chi connectivity index (χ3v) is 4.35. The lowest BCUT2D eigenvalue weighted by molar-refractivity contribution is -0.124. The van der Waals surface area contributed by atoms with Crippen LogP contribution in [0.4, 0.5) is 0 Å². The van der Waals surface area contributed by atoms with Crippen LogP contribution < -0.4 is 5.32 Å². The number of aliphatic hydroxyl groups is 1. The van der Waals surface area contributed by atoms with Gasteiger partial charge in [0.25, 0.3) is 0 Å². The first kappa shape index (κ1) is 14.0. The van der Waals surface area contributed by atoms with Gasteiger partial charge in [-0.15, -0.1) is 0 Å². The molecule has 1 saturated carbocycles. The molecule has 1 aliphatic carbocycles. The smallest absolute Gasteiger partial charge is 0.224 e. The number of aromatic nitrogens is 4. The first-order valence-corrected chi connectivity index (χ1v) is 7.59. The average Bonchev–Trinajstić information content (AvgIpc) is 3.17. The minimum Gasteiger partial charge on any atom is -0.391 e. The summed E-state index contributed by atoms with van der Waals surface area (Å²) in [6.45, 7) is 0. The molecule has 3 aromatic rings. The molecule has 1 aromatic carbocycles. The number of amides is 1. The molecule has 1 fully saturated rings. The molecular weight excluding hydrogens is 294 g/mol. The molecular formula is C16H17N5O2. The molecule has 2 aromatic heterocycles. The van der Waals surface area contributed by atoms with Crippen molar-refractivity contribution in [2.45, 2.75) is 31.0 Å². The lowest BCUT2D eigenvalue weighted by atomic mass is 9.83. The summed E-state index contributed by atoms with van der Waals surface area (Å²) >= 11 is 0. The monoisotopic (exact) mass is 311 g/mol. The first-order valence-electron chi connectivity index (χ1n) is 7.59. The molecule has 1 amide bonds. The Morgan fingerprint density at radius 2 is 2.39 bits per heavy atom. The van der Waals surface area contributed by atoms with Gasteiger partial charge in [-0.2, -0.15) is 10.2 Å². The van der Waals surface area contributed by atoms with E-state index in [9.17, 15) is 9.90 Å². The van der Waals surface area contributed by atoms with E-state index in [2.05, 4.69) is 20.6 Å². The van der Waals surface area contributed by atoms with Crippen molar-refractivity contribution in [3.63, 3.8) is 0 Å². The Labute approximate surface area is 132 Å². The number of benzene rings is 1. The minimum absolute atomic E-state index is 0.0538. The number of fused-ring (bicyclic) bond motifs is 1. The quantitative estimate of drug-likeness (QED) is 0.664. The lowest BCUT2D eigenvalue weighted by Gasteiger charge is -2.41. The van der Waals surface area contributed by atoms with Gasteiger partial charge in [0.1, 0.15) is 0 Å². The van der Waals surface area contributed by atoms with Crippen molar-refractivity contribution in [3.8, 4) is 0 Å². The number of aromatic amines is 1. The molecule has 118 valence electrons. The second-order valence-electron chi connectivity index (χ2n) is 5.92. The Kier molecular flexibility index (Phi) is 3.34. The molecule has 0 aliphatic heterocycles. The molecule has 0 radical (unpaired) electrons. The van der Waals surface area contributed by atoms with Crippen LogP contribution in [0.5, 0.6) is 0 Å². The Hall–Kier alpha value is -2.67. The molecule has 0 unspecified atom stereocenters. The van der Waals surface area contributed by atoms with Crippen molar-refractivity contribution in [2.75, 3.05) is 0 Å². The van der Waals surface area contributed by atoms with Crippen molar-refractivity contribution >= 4 is 16.8 Å². The van der Waals surface area contributed by atoms with Gasteiger partial charge in [0.15, 0.2) is 0 Å². The number of nitrogens with zero attached hydrogens (tertiary/aromatic N) is 3. The number of hydrogen-bond acceptors (Lipinski definition) is 4. The highest BCUT2D eigenvalue weighted by atomic mass is 16.3. The third kappa shape index (κ3) is 2.59. The Bertz CT molecular complexity index is 826. The Morgan fingerprint density at radius 1 is 1.48 bits per heavy atom. The lowest BCUT2D eigenvalue weighted by Crippen LogP contribution is -2.56. The number of rotatable bonds is 4. The van der Waals surface area contributed by atoms with Gasteiger partial charge in [-0.1, -0.05) is 6.07 Å². The zero-order valence-corrected chi connectivity index (χ0v) is 12.4. The van der Waals surface area contributed by atoms with Gasteiger partial charge in [-0.25, -0.2) is 0 Å². The van der Waals surface area contributed by atoms with E-state index >= 15 is 0 Å². The average molecular weight is 311 g/mol. The summed E-state index contributed by atoms with van der Waals surface area (Å²) in [6.07, 6.45) is 5.61. The molecule has 7 heteroatoms. The molecule has 0 bridgehead atoms. The van der Waals surface area contributed by atoms with Crippen molar-refractivity contribution in [1.82, 2.24) is 25.3 Å². The predicted molar refractivity (Wildman–Crippen MR) is 83.6 cm³/mol. The van der Waals surface area contributed by atoms with E-state index in [1.807, 2.05) is 24.3 Å². The van der Waals surface area contributed by atoms with Crippen LogP contribution in [0.15, 0.2) is 42.9 Å².